The van der Waals surface area contributed by atoms with E-state index in [1.807, 2.05) is 6.08 Å². The van der Waals surface area contributed by atoms with Gasteiger partial charge in [0, 0.05) is 11.1 Å². The van der Waals surface area contributed by atoms with Crippen molar-refractivity contribution in [2.24, 2.45) is 0 Å². The van der Waals surface area contributed by atoms with Gasteiger partial charge >= 0.3 is 0 Å². The molecule has 0 spiro atoms. The average molecular weight is 276 g/mol. The molecule has 0 saturated carbocycles. The minimum Gasteiger partial charge on any atom is -0.496 e. The number of hydrogen-bond donors (Lipinski definition) is 0. The van der Waals surface area contributed by atoms with Crippen molar-refractivity contribution in [2.75, 3.05) is 14.2 Å². The van der Waals surface area contributed by atoms with E-state index in [1.165, 1.54) is 0 Å². The zero-order valence-corrected chi connectivity index (χ0v) is 12.6. The molecule has 0 N–H and O–H groups in total. The van der Waals surface area contributed by atoms with Crippen molar-refractivity contribution in [3.05, 3.63) is 35.9 Å². The van der Waals surface area contributed by atoms with Crippen molar-refractivity contribution in [2.45, 2.75) is 38.5 Å². The second-order valence-electron chi connectivity index (χ2n) is 4.82. The molecule has 0 unspecified atom stereocenters. The number of unbranched alkanes of at least 4 members (excludes halogenated alkanes) is 1. The second-order valence-corrected chi connectivity index (χ2v) is 4.82. The highest BCUT2D eigenvalue weighted by molar-refractivity contribution is 5.77. The zero-order valence-electron chi connectivity index (χ0n) is 12.6. The fourth-order valence-electron chi connectivity index (χ4n) is 2.46. The predicted molar refractivity (Wildman–Crippen MR) is 82.0 cm³/mol. The summed E-state index contributed by atoms with van der Waals surface area (Å²) in [6, 6.07) is 3.54. The Hall–Kier alpha value is -1.77. The molecule has 20 heavy (non-hydrogen) atoms. The third-order valence-corrected chi connectivity index (χ3v) is 3.47. The summed E-state index contributed by atoms with van der Waals surface area (Å²) in [5, 5.41) is 0. The Kier molecular flexibility index (Phi) is 6.85. The van der Waals surface area contributed by atoms with Crippen LogP contribution in [0, 0.1) is 0 Å². The molecule has 0 amide bonds. The Morgan fingerprint density at radius 3 is 2.25 bits per heavy atom. The minimum atomic E-state index is 0.304. The van der Waals surface area contributed by atoms with Crippen LogP contribution in [-0.2, 0) is 0 Å². The molecule has 0 heterocycles. The van der Waals surface area contributed by atoms with Gasteiger partial charge in [-0.1, -0.05) is 25.8 Å². The number of benzene rings is 1. The molecule has 1 atom stereocenters. The molecule has 1 rings (SSSR count). The SMILES string of the molecule is C=CC[C@H](CCCC)c1c(OC)cc(C=O)cc1OC. The third-order valence-electron chi connectivity index (χ3n) is 3.47. The van der Waals surface area contributed by atoms with E-state index in [0.29, 0.717) is 11.5 Å². The van der Waals surface area contributed by atoms with Crippen molar-refractivity contribution in [3.63, 3.8) is 0 Å². The molecule has 1 aromatic carbocycles. The molecule has 0 aliphatic heterocycles. The van der Waals surface area contributed by atoms with E-state index in [9.17, 15) is 4.79 Å². The Bertz CT molecular complexity index is 427. The second kappa shape index (κ2) is 8.41. The van der Waals surface area contributed by atoms with Crippen LogP contribution in [0.15, 0.2) is 24.8 Å². The molecule has 0 saturated heterocycles. The lowest BCUT2D eigenvalue weighted by molar-refractivity contribution is 0.112. The zero-order chi connectivity index (χ0) is 15.0. The van der Waals surface area contributed by atoms with Crippen LogP contribution in [-0.4, -0.2) is 20.5 Å². The van der Waals surface area contributed by atoms with Crippen molar-refractivity contribution >= 4 is 6.29 Å². The summed E-state index contributed by atoms with van der Waals surface area (Å²) in [7, 11) is 3.25. The van der Waals surface area contributed by atoms with Crippen LogP contribution in [0.1, 0.15) is 54.4 Å². The molecule has 0 radical (unpaired) electrons. The lowest BCUT2D eigenvalue weighted by Crippen LogP contribution is -2.05. The lowest BCUT2D eigenvalue weighted by atomic mass is 9.88. The van der Waals surface area contributed by atoms with Gasteiger partial charge in [0.05, 0.1) is 14.2 Å². The van der Waals surface area contributed by atoms with Gasteiger partial charge in [-0.25, -0.2) is 0 Å². The molecule has 3 nitrogen and oxygen atoms in total. The number of carbonyl (C=O) groups excluding carboxylic acids is 1. The Labute approximate surface area is 121 Å². The highest BCUT2D eigenvalue weighted by Crippen LogP contribution is 2.40. The van der Waals surface area contributed by atoms with Crippen molar-refractivity contribution in [3.8, 4) is 11.5 Å². The molecule has 0 bridgehead atoms. The van der Waals surface area contributed by atoms with Gasteiger partial charge in [-0.15, -0.1) is 6.58 Å². The quantitative estimate of drug-likeness (QED) is 0.496. The van der Waals surface area contributed by atoms with Crippen LogP contribution < -0.4 is 9.47 Å². The Balaban J connectivity index is 3.28. The van der Waals surface area contributed by atoms with E-state index in [2.05, 4.69) is 13.5 Å². The number of hydrogen-bond acceptors (Lipinski definition) is 3. The smallest absolute Gasteiger partial charge is 0.150 e. The molecule has 1 aromatic rings. The minimum absolute atomic E-state index is 0.304. The number of rotatable bonds is 9. The summed E-state index contributed by atoms with van der Waals surface area (Å²) < 4.78 is 10.9. The molecular weight excluding hydrogens is 252 g/mol. The van der Waals surface area contributed by atoms with Gasteiger partial charge in [-0.3, -0.25) is 4.79 Å². The normalized spacial score (nSPS) is 11.8. The fraction of sp³-hybridized carbons (Fsp3) is 0.471. The van der Waals surface area contributed by atoms with Crippen LogP contribution in [0.3, 0.4) is 0 Å². The molecule has 0 aliphatic rings. The van der Waals surface area contributed by atoms with Gasteiger partial charge in [0.2, 0.25) is 0 Å². The maximum atomic E-state index is 11.0. The highest BCUT2D eigenvalue weighted by Gasteiger charge is 2.20. The van der Waals surface area contributed by atoms with E-state index in [1.54, 1.807) is 26.4 Å². The van der Waals surface area contributed by atoms with Gasteiger partial charge < -0.3 is 9.47 Å². The third kappa shape index (κ3) is 3.86. The molecule has 0 aliphatic carbocycles. The summed E-state index contributed by atoms with van der Waals surface area (Å²) in [5.74, 6) is 1.74. The van der Waals surface area contributed by atoms with Gasteiger partial charge in [0.15, 0.2) is 0 Å². The first-order valence-corrected chi connectivity index (χ1v) is 7.03. The number of ether oxygens (including phenoxy) is 2. The van der Waals surface area contributed by atoms with Crippen molar-refractivity contribution in [1.82, 2.24) is 0 Å². The van der Waals surface area contributed by atoms with Crippen molar-refractivity contribution in [1.29, 1.82) is 0 Å². The maximum absolute atomic E-state index is 11.0. The average Bonchev–Trinajstić information content (AvgIpc) is 2.50. The van der Waals surface area contributed by atoms with E-state index >= 15 is 0 Å². The van der Waals surface area contributed by atoms with Crippen molar-refractivity contribution < 1.29 is 14.3 Å². The molecule has 110 valence electrons. The number of methoxy groups -OCH3 is 2. The summed E-state index contributed by atoms with van der Waals surface area (Å²) in [6.07, 6.45) is 6.93. The van der Waals surface area contributed by atoms with Crippen LogP contribution in [0.2, 0.25) is 0 Å². The number of allylic oxidation sites excluding steroid dienone is 1. The molecular formula is C17H24O3. The first kappa shape index (κ1) is 16.3. The van der Waals surface area contributed by atoms with Crippen LogP contribution in [0.5, 0.6) is 11.5 Å². The van der Waals surface area contributed by atoms with Crippen LogP contribution in [0.25, 0.3) is 0 Å². The predicted octanol–water partition coefficient (Wildman–Crippen LogP) is 4.37. The van der Waals surface area contributed by atoms with Crippen LogP contribution in [0.4, 0.5) is 0 Å². The highest BCUT2D eigenvalue weighted by atomic mass is 16.5. The van der Waals surface area contributed by atoms with E-state index in [0.717, 1.165) is 49.0 Å². The van der Waals surface area contributed by atoms with Gasteiger partial charge in [0.25, 0.3) is 0 Å². The summed E-state index contributed by atoms with van der Waals surface area (Å²) in [4.78, 5) is 11.0. The molecule has 0 fully saturated rings. The summed E-state index contributed by atoms with van der Waals surface area (Å²) in [5.41, 5.74) is 1.60. The topological polar surface area (TPSA) is 35.5 Å². The number of aldehydes is 1. The maximum Gasteiger partial charge on any atom is 0.150 e. The largest absolute Gasteiger partial charge is 0.496 e. The molecule has 0 aromatic heterocycles. The standard InChI is InChI=1S/C17H24O3/c1-5-7-9-14(8-6-2)17-15(19-3)10-13(12-18)11-16(17)20-4/h6,10-12,14H,2,5,7-9H2,1,3-4H3/t14-/m1/s1. The van der Waals surface area contributed by atoms with Gasteiger partial charge in [-0.2, -0.15) is 0 Å². The van der Waals surface area contributed by atoms with Gasteiger partial charge in [-0.05, 0) is 30.9 Å². The Morgan fingerprint density at radius 1 is 1.25 bits per heavy atom. The fourth-order valence-corrected chi connectivity index (χ4v) is 2.46. The Morgan fingerprint density at radius 2 is 1.85 bits per heavy atom. The summed E-state index contributed by atoms with van der Waals surface area (Å²) >= 11 is 0. The number of carbonyl (C=O) groups is 1. The van der Waals surface area contributed by atoms with E-state index in [4.69, 9.17) is 9.47 Å². The first-order valence-electron chi connectivity index (χ1n) is 7.03. The monoisotopic (exact) mass is 276 g/mol. The lowest BCUT2D eigenvalue weighted by Gasteiger charge is -2.21. The van der Waals surface area contributed by atoms with E-state index in [-0.39, 0.29) is 0 Å². The van der Waals surface area contributed by atoms with E-state index < -0.39 is 0 Å². The summed E-state index contributed by atoms with van der Waals surface area (Å²) in [6.45, 7) is 6.02. The first-order chi connectivity index (χ1) is 9.71. The van der Waals surface area contributed by atoms with Crippen LogP contribution >= 0.6 is 0 Å². The molecule has 3 heteroatoms. The van der Waals surface area contributed by atoms with Gasteiger partial charge in [0.1, 0.15) is 17.8 Å².